The predicted octanol–water partition coefficient (Wildman–Crippen LogP) is 2.79. The summed E-state index contributed by atoms with van der Waals surface area (Å²) >= 11 is 0. The highest BCUT2D eigenvalue weighted by Gasteiger charge is 2.34. The summed E-state index contributed by atoms with van der Waals surface area (Å²) < 4.78 is 12.2. The van der Waals surface area contributed by atoms with E-state index in [-0.39, 0.29) is 12.2 Å². The first kappa shape index (κ1) is 13.7. The summed E-state index contributed by atoms with van der Waals surface area (Å²) in [6.07, 6.45) is 3.59. The van der Waals surface area contributed by atoms with Gasteiger partial charge in [-0.1, -0.05) is 0 Å². The average molecular weight is 275 g/mol. The molecule has 3 rings (SSSR count). The third-order valence-corrected chi connectivity index (χ3v) is 4.60. The van der Waals surface area contributed by atoms with Crippen LogP contribution >= 0.6 is 0 Å². The van der Waals surface area contributed by atoms with Crippen LogP contribution in [0.2, 0.25) is 0 Å². The molecule has 1 N–H and O–H groups in total. The van der Waals surface area contributed by atoms with Crippen molar-refractivity contribution in [2.45, 2.75) is 65.2 Å². The summed E-state index contributed by atoms with van der Waals surface area (Å²) in [7, 11) is 2.02. The molecule has 0 fully saturated rings. The second-order valence-electron chi connectivity index (χ2n) is 6.38. The quantitative estimate of drug-likeness (QED) is 0.920. The molecule has 0 saturated heterocycles. The van der Waals surface area contributed by atoms with Crippen molar-refractivity contribution >= 4 is 0 Å². The summed E-state index contributed by atoms with van der Waals surface area (Å²) in [6, 6.07) is 0.446. The highest BCUT2D eigenvalue weighted by molar-refractivity contribution is 5.62. The van der Waals surface area contributed by atoms with Crippen LogP contribution < -0.4 is 14.8 Å². The van der Waals surface area contributed by atoms with E-state index in [9.17, 15) is 0 Å². The Kier molecular flexibility index (Phi) is 3.41. The lowest BCUT2D eigenvalue weighted by Gasteiger charge is -2.18. The van der Waals surface area contributed by atoms with Gasteiger partial charge in [0.05, 0.1) is 0 Å². The molecule has 2 aliphatic rings. The molecule has 3 heteroatoms. The van der Waals surface area contributed by atoms with Crippen LogP contribution in [0.5, 0.6) is 11.5 Å². The molecule has 0 spiro atoms. The lowest BCUT2D eigenvalue weighted by Crippen LogP contribution is -2.24. The minimum atomic E-state index is 0.285. The Morgan fingerprint density at radius 2 is 1.70 bits per heavy atom. The summed E-state index contributed by atoms with van der Waals surface area (Å²) in [6.45, 7) is 8.71. The molecule has 0 saturated carbocycles. The second kappa shape index (κ2) is 4.96. The summed E-state index contributed by atoms with van der Waals surface area (Å²) in [4.78, 5) is 0. The third kappa shape index (κ3) is 2.08. The van der Waals surface area contributed by atoms with Gasteiger partial charge in [0.15, 0.2) is 0 Å². The van der Waals surface area contributed by atoms with Crippen LogP contribution in [0.4, 0.5) is 0 Å². The molecule has 0 aliphatic carbocycles. The first-order chi connectivity index (χ1) is 9.51. The zero-order chi connectivity index (χ0) is 14.4. The molecule has 0 bridgehead atoms. The molecule has 2 aliphatic heterocycles. The molecule has 0 radical (unpaired) electrons. The van der Waals surface area contributed by atoms with E-state index >= 15 is 0 Å². The Morgan fingerprint density at radius 1 is 1.10 bits per heavy atom. The second-order valence-corrected chi connectivity index (χ2v) is 6.38. The van der Waals surface area contributed by atoms with Gasteiger partial charge in [-0.05, 0) is 46.7 Å². The Labute approximate surface area is 121 Å². The van der Waals surface area contributed by atoms with E-state index in [0.717, 1.165) is 30.8 Å². The van der Waals surface area contributed by atoms with E-state index in [2.05, 4.69) is 33.0 Å². The van der Waals surface area contributed by atoms with Crippen molar-refractivity contribution in [3.8, 4) is 11.5 Å². The molecule has 0 aromatic heterocycles. The van der Waals surface area contributed by atoms with E-state index in [4.69, 9.17) is 9.47 Å². The number of nitrogens with one attached hydrogen (secondary N) is 1. The first-order valence-corrected chi connectivity index (χ1v) is 7.69. The van der Waals surface area contributed by atoms with Crippen molar-refractivity contribution in [1.82, 2.24) is 5.32 Å². The molecular weight excluding hydrogens is 250 g/mol. The molecular formula is C17H25NO2. The maximum absolute atomic E-state index is 6.14. The molecule has 110 valence electrons. The smallest absolute Gasteiger partial charge is 0.127 e. The van der Waals surface area contributed by atoms with Crippen LogP contribution in [0.15, 0.2) is 0 Å². The predicted molar refractivity (Wildman–Crippen MR) is 81.0 cm³/mol. The number of likely N-dealkylation sites (N-methyl/N-ethyl adjacent to an activating group) is 1. The van der Waals surface area contributed by atoms with Gasteiger partial charge in [-0.2, -0.15) is 0 Å². The van der Waals surface area contributed by atoms with Gasteiger partial charge in [0.1, 0.15) is 23.7 Å². The normalized spacial score (nSPS) is 24.9. The lowest BCUT2D eigenvalue weighted by atomic mass is 9.90. The Balaban J connectivity index is 2.12. The molecule has 3 nitrogen and oxygen atoms in total. The largest absolute Gasteiger partial charge is 0.490 e. The molecule has 1 aromatic carbocycles. The summed E-state index contributed by atoms with van der Waals surface area (Å²) in [5.41, 5.74) is 5.41. The zero-order valence-electron chi connectivity index (χ0n) is 13.2. The molecule has 0 amide bonds. The van der Waals surface area contributed by atoms with Crippen LogP contribution in [0.25, 0.3) is 0 Å². The van der Waals surface area contributed by atoms with Crippen molar-refractivity contribution in [3.63, 3.8) is 0 Å². The molecule has 2 heterocycles. The van der Waals surface area contributed by atoms with Gasteiger partial charge in [-0.3, -0.25) is 0 Å². The Morgan fingerprint density at radius 3 is 2.35 bits per heavy atom. The van der Waals surface area contributed by atoms with Crippen molar-refractivity contribution in [2.24, 2.45) is 0 Å². The van der Waals surface area contributed by atoms with Crippen LogP contribution in [0.3, 0.4) is 0 Å². The van der Waals surface area contributed by atoms with Crippen molar-refractivity contribution in [2.75, 3.05) is 7.05 Å². The average Bonchev–Trinajstić information content (AvgIpc) is 2.97. The minimum Gasteiger partial charge on any atom is -0.490 e. The number of rotatable bonds is 3. The summed E-state index contributed by atoms with van der Waals surface area (Å²) in [5, 5.41) is 3.34. The maximum atomic E-state index is 6.14. The SMILES string of the molecule is CNC(C)Cc1c2c(c(C)c3c1OC(C)C3)OC(C)C2. The fraction of sp³-hybridized carbons (Fsp3) is 0.647. The number of hydrogen-bond donors (Lipinski definition) is 1. The van der Waals surface area contributed by atoms with Crippen LogP contribution in [-0.2, 0) is 19.3 Å². The monoisotopic (exact) mass is 275 g/mol. The Hall–Kier alpha value is -1.22. The third-order valence-electron chi connectivity index (χ3n) is 4.60. The lowest BCUT2D eigenvalue weighted by molar-refractivity contribution is 0.251. The molecule has 3 unspecified atom stereocenters. The van der Waals surface area contributed by atoms with Gasteiger partial charge in [0, 0.05) is 35.6 Å². The van der Waals surface area contributed by atoms with E-state index in [1.165, 1.54) is 22.3 Å². The van der Waals surface area contributed by atoms with Crippen LogP contribution in [0.1, 0.15) is 43.0 Å². The van der Waals surface area contributed by atoms with Gasteiger partial charge in [0.2, 0.25) is 0 Å². The maximum Gasteiger partial charge on any atom is 0.127 e. The fourth-order valence-electron chi connectivity index (χ4n) is 3.44. The van der Waals surface area contributed by atoms with Crippen molar-refractivity contribution < 1.29 is 9.47 Å². The van der Waals surface area contributed by atoms with Crippen molar-refractivity contribution in [1.29, 1.82) is 0 Å². The summed E-state index contributed by atoms with van der Waals surface area (Å²) in [5.74, 6) is 2.28. The van der Waals surface area contributed by atoms with E-state index in [1.807, 2.05) is 7.05 Å². The number of ether oxygens (including phenoxy) is 2. The van der Waals surface area contributed by atoms with E-state index in [0.29, 0.717) is 6.04 Å². The van der Waals surface area contributed by atoms with Gasteiger partial charge >= 0.3 is 0 Å². The number of benzene rings is 1. The highest BCUT2D eigenvalue weighted by atomic mass is 16.5. The van der Waals surface area contributed by atoms with E-state index in [1.54, 1.807) is 0 Å². The fourth-order valence-corrected chi connectivity index (χ4v) is 3.44. The van der Waals surface area contributed by atoms with Gasteiger partial charge in [-0.25, -0.2) is 0 Å². The number of fused-ring (bicyclic) bond motifs is 2. The number of hydrogen-bond acceptors (Lipinski definition) is 3. The minimum absolute atomic E-state index is 0.285. The van der Waals surface area contributed by atoms with Gasteiger partial charge in [-0.15, -0.1) is 0 Å². The van der Waals surface area contributed by atoms with Gasteiger partial charge in [0.25, 0.3) is 0 Å². The zero-order valence-corrected chi connectivity index (χ0v) is 13.2. The molecule has 3 atom stereocenters. The van der Waals surface area contributed by atoms with Crippen LogP contribution in [0, 0.1) is 6.92 Å². The standard InChI is InChI=1S/C17H25NO2/c1-9(18-5)6-14-15-8-11(3)19-16(15)12(4)13-7-10(2)20-17(13)14/h9-11,18H,6-8H2,1-5H3. The van der Waals surface area contributed by atoms with Crippen LogP contribution in [-0.4, -0.2) is 25.3 Å². The molecule has 20 heavy (non-hydrogen) atoms. The topological polar surface area (TPSA) is 30.5 Å². The highest BCUT2D eigenvalue weighted by Crippen LogP contribution is 2.46. The first-order valence-electron chi connectivity index (χ1n) is 7.69. The van der Waals surface area contributed by atoms with Gasteiger partial charge < -0.3 is 14.8 Å². The molecule has 1 aromatic rings. The Bertz CT molecular complexity index is 499. The van der Waals surface area contributed by atoms with Crippen molar-refractivity contribution in [3.05, 3.63) is 22.3 Å². The van der Waals surface area contributed by atoms with E-state index < -0.39 is 0 Å².